The van der Waals surface area contributed by atoms with Crippen molar-refractivity contribution in [2.24, 2.45) is 0 Å². The largest absolute Gasteiger partial charge is 0.459 e. The highest BCUT2D eigenvalue weighted by atomic mass is 16.3. The van der Waals surface area contributed by atoms with Crippen LogP contribution >= 0.6 is 0 Å². The lowest BCUT2D eigenvalue weighted by Gasteiger charge is -2.10. The first kappa shape index (κ1) is 6.59. The monoisotopic (exact) mass is 128 g/mol. The van der Waals surface area contributed by atoms with Gasteiger partial charge in [0.05, 0.1) is 0 Å². The zero-order valence-corrected chi connectivity index (χ0v) is 6.31. The van der Waals surface area contributed by atoms with Crippen molar-refractivity contribution in [2.45, 2.75) is 32.7 Å². The third kappa shape index (κ3) is 1.07. The first-order valence-corrected chi connectivity index (χ1v) is 3.40. The molecular weight excluding hydrogens is 114 g/mol. The lowest BCUT2D eigenvalue weighted by atomic mass is 10.0. The predicted molar refractivity (Wildman–Crippen MR) is 37.1 cm³/mol. The van der Waals surface area contributed by atoms with E-state index < -0.39 is 0 Å². The molecule has 0 amide bonds. The molecule has 0 spiro atoms. The van der Waals surface area contributed by atoms with E-state index in [1.807, 2.05) is 4.58 Å². The fourth-order valence-electron chi connectivity index (χ4n) is 0.860. The summed E-state index contributed by atoms with van der Waals surface area (Å²) in [6, 6.07) is 0. The predicted octanol–water partition coefficient (Wildman–Crippen LogP) is 1.16. The first-order chi connectivity index (χ1) is 4.08. The molecule has 0 radical (unpaired) electrons. The maximum atomic E-state index is 8.94. The summed E-state index contributed by atoms with van der Waals surface area (Å²) in [7, 11) is 0. The Morgan fingerprint density at radius 3 is 2.22 bits per heavy atom. The fourth-order valence-corrected chi connectivity index (χ4v) is 0.860. The van der Waals surface area contributed by atoms with Crippen LogP contribution in [0.1, 0.15) is 27.2 Å². The Hall–Kier alpha value is -0.530. The maximum Gasteiger partial charge on any atom is 0.402 e. The molecule has 9 heavy (non-hydrogen) atoms. The minimum Gasteiger partial charge on any atom is -0.459 e. The number of rotatable bonds is 2. The normalized spacial score (nSPS) is 18.6. The van der Waals surface area contributed by atoms with Gasteiger partial charge in [-0.25, -0.2) is 0 Å². The van der Waals surface area contributed by atoms with Crippen molar-refractivity contribution < 1.29 is 9.68 Å². The van der Waals surface area contributed by atoms with E-state index in [0.717, 1.165) is 13.0 Å². The molecule has 0 atom stereocenters. The highest BCUT2D eigenvalue weighted by molar-refractivity contribution is 5.77. The molecule has 1 aliphatic rings. The molecule has 1 heterocycles. The van der Waals surface area contributed by atoms with E-state index in [2.05, 4.69) is 20.8 Å². The smallest absolute Gasteiger partial charge is 0.402 e. The quantitative estimate of drug-likeness (QED) is 0.554. The second kappa shape index (κ2) is 1.72. The van der Waals surface area contributed by atoms with Gasteiger partial charge in [0, 0.05) is 20.3 Å². The lowest BCUT2D eigenvalue weighted by Crippen LogP contribution is -2.26. The molecule has 52 valence electrons. The van der Waals surface area contributed by atoms with Crippen LogP contribution in [0.5, 0.6) is 0 Å². The maximum absolute atomic E-state index is 8.94. The Balaban J connectivity index is 2.62. The van der Waals surface area contributed by atoms with Crippen molar-refractivity contribution in [1.29, 1.82) is 0 Å². The van der Waals surface area contributed by atoms with E-state index in [0.29, 0.717) is 5.90 Å². The van der Waals surface area contributed by atoms with Crippen LogP contribution in [0.2, 0.25) is 0 Å². The van der Waals surface area contributed by atoms with E-state index in [-0.39, 0.29) is 5.54 Å². The molecule has 0 aromatic carbocycles. The van der Waals surface area contributed by atoms with Crippen LogP contribution < -0.4 is 0 Å². The second-order valence-corrected chi connectivity index (χ2v) is 3.17. The topological polar surface area (TPSA) is 23.2 Å². The van der Waals surface area contributed by atoms with E-state index >= 15 is 0 Å². The van der Waals surface area contributed by atoms with Crippen LogP contribution in [0, 0.1) is 0 Å². The highest BCUT2D eigenvalue weighted by Gasteiger charge is 2.44. The third-order valence-electron chi connectivity index (χ3n) is 2.10. The molecule has 0 saturated heterocycles. The Morgan fingerprint density at radius 1 is 1.67 bits per heavy atom. The zero-order valence-electron chi connectivity index (χ0n) is 6.31. The van der Waals surface area contributed by atoms with Crippen molar-refractivity contribution in [3.05, 3.63) is 0 Å². The summed E-state index contributed by atoms with van der Waals surface area (Å²) in [6.07, 6.45) is 1.08. The van der Waals surface area contributed by atoms with Gasteiger partial charge in [0.15, 0.2) is 5.54 Å². The van der Waals surface area contributed by atoms with E-state index in [1.54, 1.807) is 0 Å². The molecule has 0 fully saturated rings. The number of hydrogen-bond acceptors (Lipinski definition) is 0. The number of aliphatic hydroxyl groups is 1. The molecule has 0 unspecified atom stereocenters. The van der Waals surface area contributed by atoms with Gasteiger partial charge in [-0.05, 0) is 0 Å². The summed E-state index contributed by atoms with van der Waals surface area (Å²) >= 11 is 0. The lowest BCUT2D eigenvalue weighted by molar-refractivity contribution is -0.528. The average Bonchev–Trinajstić information content (AvgIpc) is 2.47. The van der Waals surface area contributed by atoms with Crippen LogP contribution in [0.3, 0.4) is 0 Å². The summed E-state index contributed by atoms with van der Waals surface area (Å²) in [4.78, 5) is 0. The molecule has 0 aromatic rings. The first-order valence-electron chi connectivity index (χ1n) is 3.40. The minimum atomic E-state index is 0.171. The molecule has 1 aliphatic heterocycles. The second-order valence-electron chi connectivity index (χ2n) is 3.17. The van der Waals surface area contributed by atoms with E-state index in [1.165, 1.54) is 0 Å². The van der Waals surface area contributed by atoms with Crippen molar-refractivity contribution >= 4 is 5.90 Å². The van der Waals surface area contributed by atoms with Gasteiger partial charge in [0.1, 0.15) is 0 Å². The summed E-state index contributed by atoms with van der Waals surface area (Å²) in [5.41, 5.74) is 0.171. The molecule has 0 saturated carbocycles. The van der Waals surface area contributed by atoms with E-state index in [9.17, 15) is 0 Å². The fraction of sp³-hybridized carbons (Fsp3) is 0.857. The molecule has 2 heteroatoms. The number of nitrogens with zero attached hydrogens (tertiary/aromatic N) is 1. The van der Waals surface area contributed by atoms with Crippen molar-refractivity contribution in [2.75, 3.05) is 6.54 Å². The Kier molecular flexibility index (Phi) is 1.26. The van der Waals surface area contributed by atoms with Crippen LogP contribution in [0.25, 0.3) is 0 Å². The van der Waals surface area contributed by atoms with Crippen molar-refractivity contribution in [1.82, 2.24) is 0 Å². The van der Waals surface area contributed by atoms with Gasteiger partial charge in [-0.1, -0.05) is 6.92 Å². The molecule has 1 rings (SSSR count). The molecular formula is C7H14NO+. The summed E-state index contributed by atoms with van der Waals surface area (Å²) < 4.78 is 2.01. The highest BCUT2D eigenvalue weighted by Crippen LogP contribution is 2.18. The standard InChI is InChI=1S/C7H13NO/c1-4-7(2,3)8-5-6(8)9/h4-5H2,1-3H3/p+1. The minimum absolute atomic E-state index is 0.171. The van der Waals surface area contributed by atoms with E-state index in [4.69, 9.17) is 5.11 Å². The van der Waals surface area contributed by atoms with Gasteiger partial charge in [-0.2, -0.15) is 4.58 Å². The molecule has 0 aliphatic carbocycles. The summed E-state index contributed by atoms with van der Waals surface area (Å²) in [5.74, 6) is 0.543. The average molecular weight is 128 g/mol. The van der Waals surface area contributed by atoms with Gasteiger partial charge in [0.2, 0.25) is 0 Å². The van der Waals surface area contributed by atoms with Crippen LogP contribution in [-0.4, -0.2) is 27.7 Å². The molecule has 2 nitrogen and oxygen atoms in total. The van der Waals surface area contributed by atoms with Crippen molar-refractivity contribution in [3.63, 3.8) is 0 Å². The van der Waals surface area contributed by atoms with Crippen LogP contribution in [0.15, 0.2) is 0 Å². The Morgan fingerprint density at radius 2 is 2.11 bits per heavy atom. The van der Waals surface area contributed by atoms with Crippen LogP contribution in [0.4, 0.5) is 0 Å². The van der Waals surface area contributed by atoms with Crippen LogP contribution in [-0.2, 0) is 0 Å². The summed E-state index contributed by atoms with van der Waals surface area (Å²) in [6.45, 7) is 7.18. The van der Waals surface area contributed by atoms with Gasteiger partial charge in [-0.3, -0.25) is 0 Å². The van der Waals surface area contributed by atoms with Gasteiger partial charge in [-0.15, -0.1) is 0 Å². The SMILES string of the molecule is CCC(C)(C)[N+]1=C(O)C1. The van der Waals surface area contributed by atoms with Gasteiger partial charge in [0.25, 0.3) is 6.54 Å². The Labute approximate surface area is 55.8 Å². The molecule has 1 N–H and O–H groups in total. The summed E-state index contributed by atoms with van der Waals surface area (Å²) in [5, 5.41) is 8.94. The van der Waals surface area contributed by atoms with Gasteiger partial charge < -0.3 is 5.11 Å². The molecule has 0 bridgehead atoms. The van der Waals surface area contributed by atoms with Crippen molar-refractivity contribution in [3.8, 4) is 0 Å². The van der Waals surface area contributed by atoms with Gasteiger partial charge >= 0.3 is 5.90 Å². The molecule has 0 aromatic heterocycles. The third-order valence-corrected chi connectivity index (χ3v) is 2.10. The number of hydrogen-bond donors (Lipinski definition) is 1. The zero-order chi connectivity index (χ0) is 7.07. The number of aliphatic hydroxyl groups excluding tert-OH is 1. The Bertz CT molecular complexity index is 158.